The molecule has 7 nitrogen and oxygen atoms in total. The molecule has 3 heterocycles. The van der Waals surface area contributed by atoms with Crippen LogP contribution in [0.4, 0.5) is 0 Å². The number of pyridine rings is 1. The zero-order chi connectivity index (χ0) is 20.1. The minimum Gasteiger partial charge on any atom is -0.475 e. The highest BCUT2D eigenvalue weighted by Crippen LogP contribution is 2.33. The van der Waals surface area contributed by atoms with E-state index in [1.54, 1.807) is 13.3 Å². The number of methoxy groups -OCH3 is 1. The lowest BCUT2D eigenvalue weighted by molar-refractivity contribution is 0.144. The van der Waals surface area contributed by atoms with E-state index in [1.807, 2.05) is 12.1 Å². The van der Waals surface area contributed by atoms with Crippen molar-refractivity contribution >= 4 is 0 Å². The second kappa shape index (κ2) is 9.15. The molecule has 0 amide bonds. The predicted octanol–water partition coefficient (Wildman–Crippen LogP) is 3.80. The predicted molar refractivity (Wildman–Crippen MR) is 108 cm³/mol. The first kappa shape index (κ1) is 19.5. The van der Waals surface area contributed by atoms with Gasteiger partial charge in [0.05, 0.1) is 12.6 Å². The SMILES string of the molecule is COCCOc1cc(-c2noc(C3CCCN3Cc3ccc(C)cc3)n2)ccn1. The largest absolute Gasteiger partial charge is 0.475 e. The number of aryl methyl sites for hydroxylation is 1. The molecule has 1 aromatic carbocycles. The summed E-state index contributed by atoms with van der Waals surface area (Å²) in [6, 6.07) is 12.5. The summed E-state index contributed by atoms with van der Waals surface area (Å²) in [5.41, 5.74) is 3.40. The Kier molecular flexibility index (Phi) is 6.17. The number of hydrogen-bond acceptors (Lipinski definition) is 7. The van der Waals surface area contributed by atoms with Crippen molar-refractivity contribution in [3.8, 4) is 17.3 Å². The van der Waals surface area contributed by atoms with Crippen LogP contribution in [0.25, 0.3) is 11.4 Å². The van der Waals surface area contributed by atoms with Gasteiger partial charge in [-0.3, -0.25) is 4.90 Å². The molecule has 2 aromatic heterocycles. The van der Waals surface area contributed by atoms with Crippen molar-refractivity contribution in [2.75, 3.05) is 26.9 Å². The smallest absolute Gasteiger partial charge is 0.244 e. The molecular weight excluding hydrogens is 368 g/mol. The third-order valence-electron chi connectivity index (χ3n) is 5.13. The highest BCUT2D eigenvalue weighted by atomic mass is 16.5. The quantitative estimate of drug-likeness (QED) is 0.538. The number of benzene rings is 1. The molecule has 152 valence electrons. The Hall–Kier alpha value is -2.77. The summed E-state index contributed by atoms with van der Waals surface area (Å²) < 4.78 is 16.2. The van der Waals surface area contributed by atoms with Crippen molar-refractivity contribution in [3.05, 3.63) is 59.6 Å². The summed E-state index contributed by atoms with van der Waals surface area (Å²) in [5, 5.41) is 4.20. The number of aromatic nitrogens is 3. The van der Waals surface area contributed by atoms with Gasteiger partial charge in [-0.05, 0) is 37.9 Å². The second-order valence-electron chi connectivity index (χ2n) is 7.29. The molecular formula is C22H26N4O3. The fourth-order valence-electron chi connectivity index (χ4n) is 3.57. The summed E-state index contributed by atoms with van der Waals surface area (Å²) >= 11 is 0. The van der Waals surface area contributed by atoms with E-state index in [4.69, 9.17) is 14.0 Å². The monoisotopic (exact) mass is 394 g/mol. The molecule has 1 saturated heterocycles. The standard InChI is InChI=1S/C22H26N4O3/c1-16-5-7-17(8-6-16)15-26-11-3-4-19(26)22-24-21(25-29-22)18-9-10-23-20(14-18)28-13-12-27-2/h5-10,14,19H,3-4,11-13,15H2,1-2H3. The summed E-state index contributed by atoms with van der Waals surface area (Å²) in [5.74, 6) is 1.75. The first-order valence-corrected chi connectivity index (χ1v) is 9.94. The topological polar surface area (TPSA) is 73.5 Å². The number of rotatable bonds is 8. The highest BCUT2D eigenvalue weighted by molar-refractivity contribution is 5.55. The highest BCUT2D eigenvalue weighted by Gasteiger charge is 2.30. The summed E-state index contributed by atoms with van der Waals surface area (Å²) in [7, 11) is 1.64. The molecule has 1 aliphatic heterocycles. The maximum Gasteiger partial charge on any atom is 0.244 e. The number of nitrogens with zero attached hydrogens (tertiary/aromatic N) is 4. The maximum atomic E-state index is 5.64. The van der Waals surface area contributed by atoms with Crippen molar-refractivity contribution in [2.24, 2.45) is 0 Å². The maximum absolute atomic E-state index is 5.64. The molecule has 0 bridgehead atoms. The van der Waals surface area contributed by atoms with Crippen LogP contribution in [0.5, 0.6) is 5.88 Å². The van der Waals surface area contributed by atoms with Crippen molar-refractivity contribution in [1.29, 1.82) is 0 Å². The molecule has 0 N–H and O–H groups in total. The second-order valence-corrected chi connectivity index (χ2v) is 7.29. The molecule has 29 heavy (non-hydrogen) atoms. The number of hydrogen-bond donors (Lipinski definition) is 0. The van der Waals surface area contributed by atoms with Gasteiger partial charge in [0.25, 0.3) is 0 Å². The lowest BCUT2D eigenvalue weighted by atomic mass is 10.1. The summed E-state index contributed by atoms with van der Waals surface area (Å²) in [6.45, 7) is 4.98. The van der Waals surface area contributed by atoms with Gasteiger partial charge in [0, 0.05) is 31.5 Å². The van der Waals surface area contributed by atoms with E-state index < -0.39 is 0 Å². The van der Waals surface area contributed by atoms with E-state index in [9.17, 15) is 0 Å². The van der Waals surface area contributed by atoms with Gasteiger partial charge in [-0.2, -0.15) is 4.98 Å². The van der Waals surface area contributed by atoms with E-state index in [2.05, 4.69) is 51.2 Å². The van der Waals surface area contributed by atoms with Crippen LogP contribution >= 0.6 is 0 Å². The average Bonchev–Trinajstić information content (AvgIpc) is 3.40. The van der Waals surface area contributed by atoms with Gasteiger partial charge < -0.3 is 14.0 Å². The van der Waals surface area contributed by atoms with Gasteiger partial charge in [0.2, 0.25) is 17.6 Å². The van der Waals surface area contributed by atoms with Crippen LogP contribution in [-0.4, -0.2) is 46.9 Å². The number of ether oxygens (including phenoxy) is 2. The van der Waals surface area contributed by atoms with Crippen LogP contribution < -0.4 is 4.74 Å². The van der Waals surface area contributed by atoms with Crippen LogP contribution in [0.3, 0.4) is 0 Å². The Morgan fingerprint density at radius 2 is 2.03 bits per heavy atom. The molecule has 0 spiro atoms. The molecule has 4 rings (SSSR count). The van der Waals surface area contributed by atoms with Crippen LogP contribution in [0.15, 0.2) is 47.1 Å². The summed E-state index contributed by atoms with van der Waals surface area (Å²) in [4.78, 5) is 11.3. The van der Waals surface area contributed by atoms with Crippen LogP contribution in [0.2, 0.25) is 0 Å². The molecule has 1 fully saturated rings. The molecule has 1 aliphatic rings. The Labute approximate surface area is 170 Å². The first-order valence-electron chi connectivity index (χ1n) is 9.94. The van der Waals surface area contributed by atoms with Gasteiger partial charge in [-0.25, -0.2) is 4.98 Å². The van der Waals surface area contributed by atoms with Crippen molar-refractivity contribution in [2.45, 2.75) is 32.4 Å². The molecule has 1 unspecified atom stereocenters. The van der Waals surface area contributed by atoms with Gasteiger partial charge in [-0.1, -0.05) is 35.0 Å². The molecule has 3 aromatic rings. The third-order valence-corrected chi connectivity index (χ3v) is 5.13. The fraction of sp³-hybridized carbons (Fsp3) is 0.409. The Morgan fingerprint density at radius 1 is 1.17 bits per heavy atom. The Balaban J connectivity index is 1.46. The first-order chi connectivity index (χ1) is 14.2. The lowest BCUT2D eigenvalue weighted by Gasteiger charge is -2.21. The Morgan fingerprint density at radius 3 is 2.86 bits per heavy atom. The van der Waals surface area contributed by atoms with Gasteiger partial charge >= 0.3 is 0 Å². The van der Waals surface area contributed by atoms with Crippen LogP contribution in [0.1, 0.15) is 35.9 Å². The molecule has 7 heteroatoms. The van der Waals surface area contributed by atoms with E-state index in [0.717, 1.165) is 31.5 Å². The van der Waals surface area contributed by atoms with E-state index in [0.29, 0.717) is 30.8 Å². The van der Waals surface area contributed by atoms with Crippen molar-refractivity contribution in [3.63, 3.8) is 0 Å². The minimum absolute atomic E-state index is 0.150. The van der Waals surface area contributed by atoms with Crippen LogP contribution in [-0.2, 0) is 11.3 Å². The third kappa shape index (κ3) is 4.81. The van der Waals surface area contributed by atoms with E-state index in [1.165, 1.54) is 11.1 Å². The van der Waals surface area contributed by atoms with Gasteiger partial charge in [-0.15, -0.1) is 0 Å². The van der Waals surface area contributed by atoms with Gasteiger partial charge in [0.15, 0.2) is 0 Å². The van der Waals surface area contributed by atoms with E-state index in [-0.39, 0.29) is 6.04 Å². The minimum atomic E-state index is 0.150. The lowest BCUT2D eigenvalue weighted by Crippen LogP contribution is -2.23. The summed E-state index contributed by atoms with van der Waals surface area (Å²) in [6.07, 6.45) is 3.84. The fourth-order valence-corrected chi connectivity index (χ4v) is 3.57. The zero-order valence-corrected chi connectivity index (χ0v) is 16.9. The van der Waals surface area contributed by atoms with Gasteiger partial charge in [0.1, 0.15) is 6.61 Å². The van der Waals surface area contributed by atoms with Crippen molar-refractivity contribution < 1.29 is 14.0 Å². The average molecular weight is 394 g/mol. The Bertz CT molecular complexity index is 926. The normalized spacial score (nSPS) is 17.0. The van der Waals surface area contributed by atoms with Crippen molar-refractivity contribution in [1.82, 2.24) is 20.0 Å². The molecule has 0 radical (unpaired) electrons. The van der Waals surface area contributed by atoms with Crippen LogP contribution in [0, 0.1) is 6.92 Å². The molecule has 0 saturated carbocycles. The molecule has 1 atom stereocenters. The van der Waals surface area contributed by atoms with E-state index >= 15 is 0 Å². The molecule has 0 aliphatic carbocycles. The number of likely N-dealkylation sites (tertiary alicyclic amines) is 1. The zero-order valence-electron chi connectivity index (χ0n) is 16.9.